The van der Waals surface area contributed by atoms with Gasteiger partial charge in [-0.1, -0.05) is 0 Å². The SMILES string of the molecule is C#CCCn1cnccc1=O. The maximum absolute atomic E-state index is 11.0. The molecular weight excluding hydrogens is 140 g/mol. The first-order chi connectivity index (χ1) is 5.34. The van der Waals surface area contributed by atoms with Crippen LogP contribution in [0.4, 0.5) is 0 Å². The van der Waals surface area contributed by atoms with Crippen LogP contribution in [0.25, 0.3) is 0 Å². The van der Waals surface area contributed by atoms with Gasteiger partial charge >= 0.3 is 0 Å². The molecule has 0 fully saturated rings. The Labute approximate surface area is 64.7 Å². The lowest BCUT2D eigenvalue weighted by atomic mass is 10.4. The normalized spacial score (nSPS) is 9.00. The van der Waals surface area contributed by atoms with E-state index in [-0.39, 0.29) is 5.56 Å². The molecule has 0 aliphatic carbocycles. The summed E-state index contributed by atoms with van der Waals surface area (Å²) in [7, 11) is 0. The number of aromatic nitrogens is 2. The molecule has 56 valence electrons. The molecule has 0 radical (unpaired) electrons. The van der Waals surface area contributed by atoms with E-state index in [4.69, 9.17) is 6.42 Å². The maximum atomic E-state index is 11.0. The van der Waals surface area contributed by atoms with Gasteiger partial charge < -0.3 is 0 Å². The summed E-state index contributed by atoms with van der Waals surface area (Å²) in [6.07, 6.45) is 8.55. The van der Waals surface area contributed by atoms with E-state index in [0.29, 0.717) is 13.0 Å². The van der Waals surface area contributed by atoms with E-state index in [1.165, 1.54) is 23.2 Å². The minimum atomic E-state index is -0.0600. The van der Waals surface area contributed by atoms with E-state index in [1.807, 2.05) is 0 Å². The standard InChI is InChI=1S/C8H8N2O/c1-2-3-6-10-7-9-5-4-8(10)11/h1,4-5,7H,3,6H2. The lowest BCUT2D eigenvalue weighted by molar-refractivity contribution is 0.672. The molecule has 0 atom stereocenters. The van der Waals surface area contributed by atoms with Crippen LogP contribution in [0.5, 0.6) is 0 Å². The van der Waals surface area contributed by atoms with E-state index in [1.54, 1.807) is 0 Å². The van der Waals surface area contributed by atoms with Gasteiger partial charge in [-0.05, 0) is 0 Å². The first-order valence-electron chi connectivity index (χ1n) is 3.28. The molecule has 0 aromatic carbocycles. The molecule has 1 heterocycles. The fourth-order valence-corrected chi connectivity index (χ4v) is 0.731. The van der Waals surface area contributed by atoms with Crippen LogP contribution >= 0.6 is 0 Å². The number of aryl methyl sites for hydroxylation is 1. The molecule has 3 heteroatoms. The average molecular weight is 148 g/mol. The summed E-state index contributed by atoms with van der Waals surface area (Å²) in [4.78, 5) is 14.8. The quantitative estimate of drug-likeness (QED) is 0.564. The number of hydrogen-bond donors (Lipinski definition) is 0. The van der Waals surface area contributed by atoms with Gasteiger partial charge in [0, 0.05) is 25.2 Å². The van der Waals surface area contributed by atoms with Crippen molar-refractivity contribution in [3.63, 3.8) is 0 Å². The molecule has 0 bridgehead atoms. The molecule has 0 unspecified atom stereocenters. The van der Waals surface area contributed by atoms with Crippen molar-refractivity contribution in [1.82, 2.24) is 9.55 Å². The van der Waals surface area contributed by atoms with Crippen molar-refractivity contribution >= 4 is 0 Å². The van der Waals surface area contributed by atoms with Crippen molar-refractivity contribution in [1.29, 1.82) is 0 Å². The van der Waals surface area contributed by atoms with Crippen LogP contribution in [0.2, 0.25) is 0 Å². The monoisotopic (exact) mass is 148 g/mol. The van der Waals surface area contributed by atoms with Crippen LogP contribution in [0, 0.1) is 12.3 Å². The van der Waals surface area contributed by atoms with Crippen molar-refractivity contribution < 1.29 is 0 Å². The number of rotatable bonds is 2. The second kappa shape index (κ2) is 3.57. The lowest BCUT2D eigenvalue weighted by Gasteiger charge is -1.98. The smallest absolute Gasteiger partial charge is 0.253 e. The summed E-state index contributed by atoms with van der Waals surface area (Å²) in [6.45, 7) is 0.545. The summed E-state index contributed by atoms with van der Waals surface area (Å²) in [5.74, 6) is 2.46. The first kappa shape index (κ1) is 7.55. The predicted octanol–water partition coefficient (Wildman–Crippen LogP) is 0.267. The van der Waals surface area contributed by atoms with Gasteiger partial charge in [0.1, 0.15) is 0 Å². The van der Waals surface area contributed by atoms with Crippen molar-refractivity contribution in [2.24, 2.45) is 0 Å². The third-order valence-corrected chi connectivity index (χ3v) is 1.29. The molecule has 0 aliphatic rings. The van der Waals surface area contributed by atoms with Gasteiger partial charge in [0.2, 0.25) is 0 Å². The minimum Gasteiger partial charge on any atom is -0.298 e. The molecule has 3 nitrogen and oxygen atoms in total. The first-order valence-corrected chi connectivity index (χ1v) is 3.28. The fraction of sp³-hybridized carbons (Fsp3) is 0.250. The van der Waals surface area contributed by atoms with Crippen LogP contribution in [-0.2, 0) is 6.54 Å². The van der Waals surface area contributed by atoms with Crippen LogP contribution in [-0.4, -0.2) is 9.55 Å². The van der Waals surface area contributed by atoms with Gasteiger partial charge in [-0.3, -0.25) is 9.36 Å². The number of nitrogens with zero attached hydrogens (tertiary/aromatic N) is 2. The zero-order valence-corrected chi connectivity index (χ0v) is 6.03. The van der Waals surface area contributed by atoms with Gasteiger partial charge in [-0.15, -0.1) is 12.3 Å². The number of terminal acetylenes is 1. The Balaban J connectivity index is 2.80. The van der Waals surface area contributed by atoms with Crippen molar-refractivity contribution in [3.05, 3.63) is 28.9 Å². The average Bonchev–Trinajstić information content (AvgIpc) is 2.03. The van der Waals surface area contributed by atoms with Gasteiger partial charge in [0.05, 0.1) is 6.33 Å². The fourth-order valence-electron chi connectivity index (χ4n) is 0.731. The highest BCUT2D eigenvalue weighted by Crippen LogP contribution is 1.81. The largest absolute Gasteiger partial charge is 0.298 e. The molecule has 1 aromatic heterocycles. The Morgan fingerprint density at radius 1 is 1.73 bits per heavy atom. The summed E-state index contributed by atoms with van der Waals surface area (Å²) < 4.78 is 1.49. The van der Waals surface area contributed by atoms with Crippen LogP contribution in [0.3, 0.4) is 0 Å². The summed E-state index contributed by atoms with van der Waals surface area (Å²) >= 11 is 0. The van der Waals surface area contributed by atoms with Crippen molar-refractivity contribution in [3.8, 4) is 12.3 Å². The third kappa shape index (κ3) is 1.94. The summed E-state index contributed by atoms with van der Waals surface area (Å²) in [5.41, 5.74) is -0.0600. The van der Waals surface area contributed by atoms with Gasteiger partial charge in [0.15, 0.2) is 0 Å². The Morgan fingerprint density at radius 3 is 3.18 bits per heavy atom. The lowest BCUT2D eigenvalue weighted by Crippen LogP contribution is -2.18. The Bertz CT molecular complexity index is 321. The van der Waals surface area contributed by atoms with E-state index in [2.05, 4.69) is 10.9 Å². The second-order valence-corrected chi connectivity index (χ2v) is 2.07. The van der Waals surface area contributed by atoms with Gasteiger partial charge in [-0.25, -0.2) is 4.98 Å². The molecule has 1 aromatic rings. The highest BCUT2D eigenvalue weighted by molar-refractivity contribution is 4.86. The third-order valence-electron chi connectivity index (χ3n) is 1.29. The highest BCUT2D eigenvalue weighted by Gasteiger charge is 1.90. The Hall–Kier alpha value is -1.56. The molecule has 11 heavy (non-hydrogen) atoms. The molecule has 0 aliphatic heterocycles. The summed E-state index contributed by atoms with van der Waals surface area (Å²) in [6, 6.07) is 1.41. The topological polar surface area (TPSA) is 34.9 Å². The molecular formula is C8H8N2O. The van der Waals surface area contributed by atoms with E-state index < -0.39 is 0 Å². The van der Waals surface area contributed by atoms with Crippen LogP contribution in [0.15, 0.2) is 23.4 Å². The zero-order valence-electron chi connectivity index (χ0n) is 6.03. The molecule has 1 rings (SSSR count). The zero-order chi connectivity index (χ0) is 8.10. The molecule has 0 amide bonds. The molecule has 0 N–H and O–H groups in total. The Kier molecular flexibility index (Phi) is 2.45. The van der Waals surface area contributed by atoms with Crippen molar-refractivity contribution in [2.45, 2.75) is 13.0 Å². The second-order valence-electron chi connectivity index (χ2n) is 2.07. The Morgan fingerprint density at radius 2 is 2.55 bits per heavy atom. The van der Waals surface area contributed by atoms with E-state index >= 15 is 0 Å². The van der Waals surface area contributed by atoms with Gasteiger partial charge in [0.25, 0.3) is 5.56 Å². The number of hydrogen-bond acceptors (Lipinski definition) is 2. The molecule has 0 saturated heterocycles. The highest BCUT2D eigenvalue weighted by atomic mass is 16.1. The predicted molar refractivity (Wildman–Crippen MR) is 41.9 cm³/mol. The molecule has 0 spiro atoms. The van der Waals surface area contributed by atoms with E-state index in [0.717, 1.165) is 0 Å². The minimum absolute atomic E-state index is 0.0600. The van der Waals surface area contributed by atoms with Crippen molar-refractivity contribution in [2.75, 3.05) is 0 Å². The van der Waals surface area contributed by atoms with Gasteiger partial charge in [-0.2, -0.15) is 0 Å². The molecule has 0 saturated carbocycles. The van der Waals surface area contributed by atoms with E-state index in [9.17, 15) is 4.79 Å². The van der Waals surface area contributed by atoms with Crippen LogP contribution < -0.4 is 5.56 Å². The van der Waals surface area contributed by atoms with Crippen LogP contribution in [0.1, 0.15) is 6.42 Å². The maximum Gasteiger partial charge on any atom is 0.253 e. The summed E-state index contributed by atoms with van der Waals surface area (Å²) in [5, 5.41) is 0.